The molecule has 1 aliphatic heterocycles. The number of rotatable bonds is 4. The van der Waals surface area contributed by atoms with Crippen LogP contribution in [0.2, 0.25) is 0 Å². The highest BCUT2D eigenvalue weighted by Gasteiger charge is 2.20. The predicted molar refractivity (Wildman–Crippen MR) is 101 cm³/mol. The first-order valence-electron chi connectivity index (χ1n) is 8.27. The number of carboxylic acids is 2. The molecule has 136 valence electrons. The third-order valence-corrected chi connectivity index (χ3v) is 4.21. The van der Waals surface area contributed by atoms with Crippen molar-refractivity contribution in [2.24, 2.45) is 0 Å². The van der Waals surface area contributed by atoms with E-state index in [2.05, 4.69) is 5.32 Å². The molecular formula is C21H17NO5. The van der Waals surface area contributed by atoms with Crippen LogP contribution in [0.5, 0.6) is 0 Å². The molecule has 0 radical (unpaired) electrons. The maximum atomic E-state index is 12.7. The maximum Gasteiger partial charge on any atom is 0.335 e. The molecule has 1 fully saturated rings. The number of carbonyl (C=O) groups is 3. The van der Waals surface area contributed by atoms with Gasteiger partial charge in [0, 0.05) is 24.2 Å². The molecule has 1 aliphatic rings. The molecule has 0 aliphatic carbocycles. The molecule has 3 rings (SSSR count). The summed E-state index contributed by atoms with van der Waals surface area (Å²) in [4.78, 5) is 34.5. The summed E-state index contributed by atoms with van der Waals surface area (Å²) in [5.41, 5.74) is 3.04. The average molecular weight is 363 g/mol. The third-order valence-electron chi connectivity index (χ3n) is 4.21. The summed E-state index contributed by atoms with van der Waals surface area (Å²) in [5, 5.41) is 21.1. The summed E-state index contributed by atoms with van der Waals surface area (Å²) < 4.78 is 0. The Bertz CT molecular complexity index is 876. The molecular weight excluding hydrogens is 346 g/mol. The van der Waals surface area contributed by atoms with Crippen LogP contribution in [0.15, 0.2) is 59.7 Å². The number of piperidine rings is 1. The fraction of sp³-hybridized carbons (Fsp3) is 0.0952. The van der Waals surface area contributed by atoms with Crippen LogP contribution in [0.25, 0.3) is 12.2 Å². The highest BCUT2D eigenvalue weighted by atomic mass is 16.4. The number of hydrogen-bond donors (Lipinski definition) is 3. The van der Waals surface area contributed by atoms with Gasteiger partial charge in [-0.05, 0) is 47.5 Å². The quantitative estimate of drug-likeness (QED) is 0.722. The molecule has 1 saturated heterocycles. The molecule has 6 heteroatoms. The average Bonchev–Trinajstić information content (AvgIpc) is 2.66. The van der Waals surface area contributed by atoms with Crippen LogP contribution in [0.1, 0.15) is 31.8 Å². The van der Waals surface area contributed by atoms with E-state index in [1.54, 1.807) is 36.4 Å². The van der Waals surface area contributed by atoms with Crippen molar-refractivity contribution < 1.29 is 24.6 Å². The van der Waals surface area contributed by atoms with Crippen molar-refractivity contribution in [1.82, 2.24) is 5.32 Å². The van der Waals surface area contributed by atoms with Crippen molar-refractivity contribution in [1.29, 1.82) is 0 Å². The molecule has 6 nitrogen and oxygen atoms in total. The Morgan fingerprint density at radius 3 is 1.44 bits per heavy atom. The minimum Gasteiger partial charge on any atom is -0.478 e. The Morgan fingerprint density at radius 2 is 1.11 bits per heavy atom. The summed E-state index contributed by atoms with van der Waals surface area (Å²) in [7, 11) is 0. The van der Waals surface area contributed by atoms with Gasteiger partial charge in [-0.3, -0.25) is 4.79 Å². The second kappa shape index (κ2) is 7.80. The van der Waals surface area contributed by atoms with Gasteiger partial charge >= 0.3 is 11.9 Å². The number of benzene rings is 2. The summed E-state index contributed by atoms with van der Waals surface area (Å²) in [6, 6.07) is 12.6. The third kappa shape index (κ3) is 4.37. The van der Waals surface area contributed by atoms with Crippen molar-refractivity contribution in [2.45, 2.75) is 0 Å². The van der Waals surface area contributed by atoms with E-state index >= 15 is 0 Å². The molecule has 0 unspecified atom stereocenters. The van der Waals surface area contributed by atoms with Crippen LogP contribution in [0.3, 0.4) is 0 Å². The second-order valence-electron chi connectivity index (χ2n) is 6.13. The van der Waals surface area contributed by atoms with Gasteiger partial charge in [0.2, 0.25) is 0 Å². The lowest BCUT2D eigenvalue weighted by atomic mass is 9.95. The van der Waals surface area contributed by atoms with E-state index < -0.39 is 11.9 Å². The van der Waals surface area contributed by atoms with E-state index in [1.165, 1.54) is 24.3 Å². The summed E-state index contributed by atoms with van der Waals surface area (Å²) in [6.45, 7) is 0.851. The van der Waals surface area contributed by atoms with E-state index in [0.29, 0.717) is 24.2 Å². The molecule has 2 aromatic rings. The molecule has 1 heterocycles. The zero-order valence-corrected chi connectivity index (χ0v) is 14.3. The molecule has 0 atom stereocenters. The molecule has 0 aromatic heterocycles. The van der Waals surface area contributed by atoms with Gasteiger partial charge in [0.15, 0.2) is 5.78 Å². The van der Waals surface area contributed by atoms with Crippen LogP contribution >= 0.6 is 0 Å². The Labute approximate surface area is 155 Å². The largest absolute Gasteiger partial charge is 0.478 e. The molecule has 0 amide bonds. The highest BCUT2D eigenvalue weighted by molar-refractivity contribution is 6.14. The first-order chi connectivity index (χ1) is 12.9. The Balaban J connectivity index is 1.82. The van der Waals surface area contributed by atoms with Gasteiger partial charge in [-0.25, -0.2) is 9.59 Å². The predicted octanol–water partition coefficient (Wildman–Crippen LogP) is 2.72. The van der Waals surface area contributed by atoms with E-state index in [1.807, 2.05) is 0 Å². The zero-order valence-electron chi connectivity index (χ0n) is 14.3. The van der Waals surface area contributed by atoms with Crippen molar-refractivity contribution in [3.05, 3.63) is 81.9 Å². The lowest BCUT2D eigenvalue weighted by molar-refractivity contribution is -0.112. The monoisotopic (exact) mass is 363 g/mol. The summed E-state index contributed by atoms with van der Waals surface area (Å²) in [6.07, 6.45) is 3.48. The van der Waals surface area contributed by atoms with E-state index in [4.69, 9.17) is 10.2 Å². The summed E-state index contributed by atoms with van der Waals surface area (Å²) in [5.74, 6) is -2.08. The fourth-order valence-corrected chi connectivity index (χ4v) is 2.78. The second-order valence-corrected chi connectivity index (χ2v) is 6.13. The number of Topliss-reactive ketones (excluding diaryl/α,β-unsaturated/α-hetero) is 1. The number of carbonyl (C=O) groups excluding carboxylic acids is 1. The van der Waals surface area contributed by atoms with Crippen LogP contribution in [-0.4, -0.2) is 41.0 Å². The van der Waals surface area contributed by atoms with Gasteiger partial charge in [0.1, 0.15) is 0 Å². The fourth-order valence-electron chi connectivity index (χ4n) is 2.78. The van der Waals surface area contributed by atoms with Gasteiger partial charge in [0.05, 0.1) is 11.1 Å². The van der Waals surface area contributed by atoms with E-state index in [0.717, 1.165) is 11.1 Å². The number of nitrogens with one attached hydrogen (secondary N) is 1. The standard InChI is InChI=1S/C21H17NO5/c23-19-17(9-13-1-5-15(6-2-13)20(24)25)11-22-12-18(19)10-14-3-7-16(8-4-14)21(26)27/h1-10,22H,11-12H2,(H,24,25)(H,26,27). The number of ketones is 1. The SMILES string of the molecule is O=C1C(=Cc2ccc(C(=O)O)cc2)CNCC1=Cc1ccc(C(=O)O)cc1. The first-order valence-corrected chi connectivity index (χ1v) is 8.27. The normalized spacial score (nSPS) is 17.3. The lowest BCUT2D eigenvalue weighted by Gasteiger charge is -2.18. The van der Waals surface area contributed by atoms with Gasteiger partial charge in [-0.1, -0.05) is 24.3 Å². The molecule has 2 aromatic carbocycles. The maximum absolute atomic E-state index is 12.7. The van der Waals surface area contributed by atoms with Crippen molar-refractivity contribution in [3.8, 4) is 0 Å². The molecule has 0 spiro atoms. The zero-order chi connectivity index (χ0) is 19.4. The highest BCUT2D eigenvalue weighted by Crippen LogP contribution is 2.18. The Hall–Kier alpha value is -3.51. The summed E-state index contributed by atoms with van der Waals surface area (Å²) >= 11 is 0. The molecule has 0 bridgehead atoms. The van der Waals surface area contributed by atoms with Crippen molar-refractivity contribution in [3.63, 3.8) is 0 Å². The Kier molecular flexibility index (Phi) is 5.28. The first kappa shape index (κ1) is 18.3. The van der Waals surface area contributed by atoms with Gasteiger partial charge in [0.25, 0.3) is 0 Å². The lowest BCUT2D eigenvalue weighted by Crippen LogP contribution is -2.32. The molecule has 27 heavy (non-hydrogen) atoms. The van der Waals surface area contributed by atoms with Crippen LogP contribution in [0, 0.1) is 0 Å². The minimum atomic E-state index is -0.997. The van der Waals surface area contributed by atoms with E-state index in [-0.39, 0.29) is 16.9 Å². The molecule has 3 N–H and O–H groups in total. The van der Waals surface area contributed by atoms with Crippen LogP contribution < -0.4 is 5.32 Å². The number of carboxylic acid groups (broad SMARTS) is 2. The topological polar surface area (TPSA) is 104 Å². The van der Waals surface area contributed by atoms with E-state index in [9.17, 15) is 14.4 Å². The van der Waals surface area contributed by atoms with Crippen LogP contribution in [0.4, 0.5) is 0 Å². The Morgan fingerprint density at radius 1 is 0.741 bits per heavy atom. The minimum absolute atomic E-state index is 0.0848. The van der Waals surface area contributed by atoms with Gasteiger partial charge in [-0.15, -0.1) is 0 Å². The van der Waals surface area contributed by atoms with Crippen molar-refractivity contribution >= 4 is 29.9 Å². The van der Waals surface area contributed by atoms with Crippen LogP contribution in [-0.2, 0) is 4.79 Å². The van der Waals surface area contributed by atoms with Crippen molar-refractivity contribution in [2.75, 3.05) is 13.1 Å². The van der Waals surface area contributed by atoms with Gasteiger partial charge in [-0.2, -0.15) is 0 Å². The molecule has 0 saturated carbocycles. The number of hydrogen-bond acceptors (Lipinski definition) is 4. The smallest absolute Gasteiger partial charge is 0.335 e. The van der Waals surface area contributed by atoms with Gasteiger partial charge < -0.3 is 15.5 Å². The number of aromatic carboxylic acids is 2.